The molecule has 2 N–H and O–H groups in total. The molecule has 0 fully saturated rings. The van der Waals surface area contributed by atoms with Crippen LogP contribution in [0.5, 0.6) is 0 Å². The van der Waals surface area contributed by atoms with Gasteiger partial charge in [0.25, 0.3) is 0 Å². The van der Waals surface area contributed by atoms with E-state index >= 15 is 0 Å². The first-order valence-corrected chi connectivity index (χ1v) is 6.85. The Morgan fingerprint density at radius 3 is 2.35 bits per heavy atom. The van der Waals surface area contributed by atoms with Crippen molar-refractivity contribution < 1.29 is 9.59 Å². The van der Waals surface area contributed by atoms with Gasteiger partial charge in [-0.25, -0.2) is 0 Å². The Labute approximate surface area is 121 Å². The van der Waals surface area contributed by atoms with Gasteiger partial charge in [-0.15, -0.1) is 0 Å². The Balaban J connectivity index is 2.43. The van der Waals surface area contributed by atoms with Crippen molar-refractivity contribution in [1.82, 2.24) is 5.32 Å². The van der Waals surface area contributed by atoms with Crippen LogP contribution in [0.25, 0.3) is 0 Å². The second-order valence-electron chi connectivity index (χ2n) is 6.12. The van der Waals surface area contributed by atoms with Crippen molar-refractivity contribution in [2.45, 2.75) is 41.0 Å². The van der Waals surface area contributed by atoms with Crippen LogP contribution in [-0.2, 0) is 9.59 Å². The molecular formula is C16H24N2O2. The van der Waals surface area contributed by atoms with Gasteiger partial charge in [-0.1, -0.05) is 38.5 Å². The van der Waals surface area contributed by atoms with Gasteiger partial charge in [0.05, 0.1) is 0 Å². The van der Waals surface area contributed by atoms with Gasteiger partial charge in [-0.3, -0.25) is 9.59 Å². The first-order chi connectivity index (χ1) is 9.20. The third-order valence-electron chi connectivity index (χ3n) is 2.97. The van der Waals surface area contributed by atoms with E-state index in [0.29, 0.717) is 6.54 Å². The lowest BCUT2D eigenvalue weighted by Gasteiger charge is -2.17. The summed E-state index contributed by atoms with van der Waals surface area (Å²) in [5.74, 6) is -0.136. The normalized spacial score (nSPS) is 11.1. The van der Waals surface area contributed by atoms with Crippen LogP contribution in [0.4, 0.5) is 5.69 Å². The van der Waals surface area contributed by atoms with E-state index in [9.17, 15) is 9.59 Å². The van der Waals surface area contributed by atoms with Crippen molar-refractivity contribution in [2.75, 3.05) is 11.9 Å². The summed E-state index contributed by atoms with van der Waals surface area (Å²) in [5.41, 5.74) is 2.60. The summed E-state index contributed by atoms with van der Waals surface area (Å²) < 4.78 is 0. The van der Waals surface area contributed by atoms with Crippen LogP contribution < -0.4 is 10.6 Å². The number of aryl methyl sites for hydroxylation is 2. The molecule has 0 aliphatic rings. The second-order valence-corrected chi connectivity index (χ2v) is 6.12. The van der Waals surface area contributed by atoms with Crippen LogP contribution >= 0.6 is 0 Å². The van der Waals surface area contributed by atoms with E-state index in [2.05, 4.69) is 10.6 Å². The highest BCUT2D eigenvalue weighted by atomic mass is 16.2. The van der Waals surface area contributed by atoms with Crippen molar-refractivity contribution in [3.05, 3.63) is 29.3 Å². The molecule has 1 aromatic rings. The maximum atomic E-state index is 11.8. The molecule has 0 saturated carbocycles. The Bertz CT molecular complexity index is 502. The van der Waals surface area contributed by atoms with Crippen molar-refractivity contribution >= 4 is 17.5 Å². The number of hydrogen-bond donors (Lipinski definition) is 2. The number of carbonyl (C=O) groups excluding carboxylic acids is 2. The maximum absolute atomic E-state index is 11.8. The van der Waals surface area contributed by atoms with E-state index in [1.165, 1.54) is 0 Å². The highest BCUT2D eigenvalue weighted by molar-refractivity contribution is 5.92. The predicted molar refractivity (Wildman–Crippen MR) is 81.6 cm³/mol. The van der Waals surface area contributed by atoms with Gasteiger partial charge in [0.2, 0.25) is 11.8 Å². The Morgan fingerprint density at radius 2 is 1.80 bits per heavy atom. The molecular weight excluding hydrogens is 252 g/mol. The molecule has 0 spiro atoms. The van der Waals surface area contributed by atoms with E-state index < -0.39 is 5.41 Å². The van der Waals surface area contributed by atoms with E-state index in [0.717, 1.165) is 16.8 Å². The van der Waals surface area contributed by atoms with Crippen LogP contribution in [0.1, 0.15) is 38.3 Å². The molecule has 4 heteroatoms. The average molecular weight is 276 g/mol. The molecule has 0 aromatic heterocycles. The molecule has 4 nitrogen and oxygen atoms in total. The van der Waals surface area contributed by atoms with Gasteiger partial charge in [0.1, 0.15) is 0 Å². The zero-order valence-electron chi connectivity index (χ0n) is 13.0. The highest BCUT2D eigenvalue weighted by Crippen LogP contribution is 2.16. The standard InChI is InChI=1S/C16H24N2O2/c1-11-6-7-13(12(2)10-11)18-14(19)8-9-17-15(20)16(3,4)5/h6-7,10H,8-9H2,1-5H3,(H,17,20)(H,18,19). The molecule has 0 aliphatic heterocycles. The summed E-state index contributed by atoms with van der Waals surface area (Å²) in [6, 6.07) is 5.89. The Hall–Kier alpha value is -1.84. The highest BCUT2D eigenvalue weighted by Gasteiger charge is 2.20. The zero-order valence-corrected chi connectivity index (χ0v) is 13.0. The largest absolute Gasteiger partial charge is 0.355 e. The van der Waals surface area contributed by atoms with Crippen LogP contribution in [-0.4, -0.2) is 18.4 Å². The summed E-state index contributed by atoms with van der Waals surface area (Å²) in [6.07, 6.45) is 0.273. The molecule has 0 unspecified atom stereocenters. The van der Waals surface area contributed by atoms with Crippen LogP contribution in [0.2, 0.25) is 0 Å². The van der Waals surface area contributed by atoms with Crippen molar-refractivity contribution in [2.24, 2.45) is 5.41 Å². The summed E-state index contributed by atoms with van der Waals surface area (Å²) in [5, 5.41) is 5.62. The maximum Gasteiger partial charge on any atom is 0.226 e. The minimum atomic E-state index is -0.427. The topological polar surface area (TPSA) is 58.2 Å². The molecule has 110 valence electrons. The van der Waals surface area contributed by atoms with Gasteiger partial charge in [0.15, 0.2) is 0 Å². The number of carbonyl (C=O) groups is 2. The fourth-order valence-corrected chi connectivity index (χ4v) is 1.72. The number of benzene rings is 1. The van der Waals surface area contributed by atoms with Crippen LogP contribution in [0.3, 0.4) is 0 Å². The molecule has 20 heavy (non-hydrogen) atoms. The van der Waals surface area contributed by atoms with Crippen LogP contribution in [0, 0.1) is 19.3 Å². The molecule has 1 rings (SSSR count). The summed E-state index contributed by atoms with van der Waals surface area (Å²) >= 11 is 0. The fourth-order valence-electron chi connectivity index (χ4n) is 1.72. The molecule has 0 aliphatic carbocycles. The zero-order chi connectivity index (χ0) is 15.3. The van der Waals surface area contributed by atoms with E-state index in [4.69, 9.17) is 0 Å². The summed E-state index contributed by atoms with van der Waals surface area (Å²) in [7, 11) is 0. The molecule has 0 atom stereocenters. The molecule has 2 amide bonds. The van der Waals surface area contributed by atoms with E-state index in [1.807, 2.05) is 52.8 Å². The van der Waals surface area contributed by atoms with Crippen LogP contribution in [0.15, 0.2) is 18.2 Å². The van der Waals surface area contributed by atoms with Gasteiger partial charge >= 0.3 is 0 Å². The SMILES string of the molecule is Cc1ccc(NC(=O)CCNC(=O)C(C)(C)C)c(C)c1. The summed E-state index contributed by atoms with van der Waals surface area (Å²) in [6.45, 7) is 9.87. The number of anilines is 1. The lowest BCUT2D eigenvalue weighted by molar-refractivity contribution is -0.128. The number of hydrogen-bond acceptors (Lipinski definition) is 2. The van der Waals surface area contributed by atoms with Gasteiger partial charge < -0.3 is 10.6 Å². The predicted octanol–water partition coefficient (Wildman–Crippen LogP) is 2.79. The van der Waals surface area contributed by atoms with E-state index in [-0.39, 0.29) is 18.2 Å². The van der Waals surface area contributed by atoms with Crippen molar-refractivity contribution in [3.63, 3.8) is 0 Å². The second kappa shape index (κ2) is 6.55. The Kier molecular flexibility index (Phi) is 5.31. The van der Waals surface area contributed by atoms with Crippen molar-refractivity contribution in [3.8, 4) is 0 Å². The van der Waals surface area contributed by atoms with Crippen molar-refractivity contribution in [1.29, 1.82) is 0 Å². The minimum Gasteiger partial charge on any atom is -0.355 e. The third kappa shape index (κ3) is 5.03. The first kappa shape index (κ1) is 16.2. The van der Waals surface area contributed by atoms with Gasteiger partial charge in [-0.05, 0) is 25.5 Å². The molecule has 0 heterocycles. The first-order valence-electron chi connectivity index (χ1n) is 6.85. The molecule has 0 bridgehead atoms. The minimum absolute atomic E-state index is 0.0446. The smallest absolute Gasteiger partial charge is 0.226 e. The lowest BCUT2D eigenvalue weighted by Crippen LogP contribution is -2.36. The number of amides is 2. The molecule has 0 saturated heterocycles. The summed E-state index contributed by atoms with van der Waals surface area (Å²) in [4.78, 5) is 23.5. The van der Waals surface area contributed by atoms with Gasteiger partial charge in [-0.2, -0.15) is 0 Å². The average Bonchev–Trinajstić information content (AvgIpc) is 2.31. The lowest BCUT2D eigenvalue weighted by atomic mass is 9.96. The number of nitrogens with one attached hydrogen (secondary N) is 2. The third-order valence-corrected chi connectivity index (χ3v) is 2.97. The molecule has 1 aromatic carbocycles. The quantitative estimate of drug-likeness (QED) is 0.888. The molecule has 0 radical (unpaired) electrons. The Morgan fingerprint density at radius 1 is 1.15 bits per heavy atom. The fraction of sp³-hybridized carbons (Fsp3) is 0.500. The van der Waals surface area contributed by atoms with Gasteiger partial charge in [0, 0.05) is 24.1 Å². The number of rotatable bonds is 4. The monoisotopic (exact) mass is 276 g/mol. The van der Waals surface area contributed by atoms with E-state index in [1.54, 1.807) is 0 Å².